The van der Waals surface area contributed by atoms with Gasteiger partial charge in [0, 0.05) is 37.1 Å². The second kappa shape index (κ2) is 19.6. The number of carbonyl (C=O) groups excluding carboxylic acids is 2. The molecule has 0 aliphatic carbocycles. The van der Waals surface area contributed by atoms with Crippen LogP contribution in [-0.2, 0) is 11.2 Å². The SMILES string of the molecule is C=CC(=O)Nc1cc(Nc2ncc(C(=O)NCCO)c(/C(=C/C)c3cccc(CCCC(C)C)c3C)n2)c(C(C)CC)cc1NCCN(C)C. The first-order valence-corrected chi connectivity index (χ1v) is 17.7. The maximum atomic E-state index is 13.4. The van der Waals surface area contributed by atoms with Gasteiger partial charge in [-0.2, -0.15) is 0 Å². The van der Waals surface area contributed by atoms with Crippen LogP contribution in [-0.4, -0.2) is 72.1 Å². The molecule has 1 heterocycles. The summed E-state index contributed by atoms with van der Waals surface area (Å²) in [5.74, 6) is 0.434. The van der Waals surface area contributed by atoms with Crippen LogP contribution < -0.4 is 21.3 Å². The summed E-state index contributed by atoms with van der Waals surface area (Å²) >= 11 is 0. The van der Waals surface area contributed by atoms with Crippen molar-refractivity contribution in [3.63, 3.8) is 0 Å². The first-order valence-electron chi connectivity index (χ1n) is 17.7. The van der Waals surface area contributed by atoms with E-state index in [1.54, 1.807) is 0 Å². The van der Waals surface area contributed by atoms with E-state index >= 15 is 0 Å². The highest BCUT2D eigenvalue weighted by Crippen LogP contribution is 2.37. The molecule has 0 saturated heterocycles. The monoisotopic (exact) mass is 683 g/mol. The van der Waals surface area contributed by atoms with Crippen LogP contribution in [0.3, 0.4) is 0 Å². The predicted molar refractivity (Wildman–Crippen MR) is 207 cm³/mol. The molecule has 2 amide bonds. The van der Waals surface area contributed by atoms with Crippen LogP contribution in [0.4, 0.5) is 23.0 Å². The van der Waals surface area contributed by atoms with Crippen LogP contribution in [0.1, 0.15) is 98.1 Å². The predicted octanol–water partition coefficient (Wildman–Crippen LogP) is 7.29. The molecule has 0 fully saturated rings. The standard InChI is InChI=1S/C40H57N7O3/c1-10-27(6)32-23-35(41-19-21-47(8)9)36(44-37(49)12-3)24-34(32)45-40-43-25-33(39(50)42-20-22-48)38(46-40)30(11-2)31-18-14-17-29(28(31)7)16-13-15-26(4)5/h11-12,14,17-18,23-27,41,48H,3,10,13,15-16,19-22H2,1-2,4-9H3,(H,42,50)(H,44,49)(H,43,45,46)/b30-11+. The Morgan fingerprint density at radius 1 is 1.06 bits per heavy atom. The van der Waals surface area contributed by atoms with Crippen molar-refractivity contribution in [1.29, 1.82) is 0 Å². The van der Waals surface area contributed by atoms with Crippen molar-refractivity contribution in [3.05, 3.63) is 88.8 Å². The van der Waals surface area contributed by atoms with E-state index in [1.807, 2.05) is 33.2 Å². The lowest BCUT2D eigenvalue weighted by molar-refractivity contribution is -0.111. The van der Waals surface area contributed by atoms with Crippen LogP contribution in [0.2, 0.25) is 0 Å². The van der Waals surface area contributed by atoms with Crippen molar-refractivity contribution in [1.82, 2.24) is 20.2 Å². The molecule has 0 bridgehead atoms. The van der Waals surface area contributed by atoms with Gasteiger partial charge in [0.15, 0.2) is 0 Å². The third-order valence-electron chi connectivity index (χ3n) is 8.84. The van der Waals surface area contributed by atoms with E-state index < -0.39 is 0 Å². The molecule has 1 aromatic heterocycles. The van der Waals surface area contributed by atoms with E-state index in [1.165, 1.54) is 17.8 Å². The van der Waals surface area contributed by atoms with Crippen molar-refractivity contribution in [2.75, 3.05) is 56.3 Å². The fourth-order valence-corrected chi connectivity index (χ4v) is 5.77. The number of nitrogens with zero attached hydrogens (tertiary/aromatic N) is 3. The van der Waals surface area contributed by atoms with E-state index in [2.05, 4.69) is 96.6 Å². The maximum absolute atomic E-state index is 13.4. The number of aliphatic hydroxyl groups is 1. The van der Waals surface area contributed by atoms with Gasteiger partial charge in [-0.1, -0.05) is 65.0 Å². The topological polar surface area (TPSA) is 132 Å². The smallest absolute Gasteiger partial charge is 0.255 e. The Hall–Kier alpha value is -4.54. The molecule has 0 saturated carbocycles. The number of aryl methyl sites for hydroxylation is 1. The number of nitrogens with one attached hydrogen (secondary N) is 4. The van der Waals surface area contributed by atoms with Crippen LogP contribution in [0.5, 0.6) is 0 Å². The van der Waals surface area contributed by atoms with E-state index in [0.29, 0.717) is 35.4 Å². The van der Waals surface area contributed by atoms with Gasteiger partial charge in [0.2, 0.25) is 11.9 Å². The Balaban J connectivity index is 2.16. The summed E-state index contributed by atoms with van der Waals surface area (Å²) in [5.41, 5.74) is 8.20. The van der Waals surface area contributed by atoms with Gasteiger partial charge >= 0.3 is 0 Å². The van der Waals surface area contributed by atoms with Gasteiger partial charge in [-0.25, -0.2) is 9.97 Å². The Morgan fingerprint density at radius 3 is 2.46 bits per heavy atom. The van der Waals surface area contributed by atoms with Gasteiger partial charge in [-0.05, 0) is 99.5 Å². The number of aromatic nitrogens is 2. The van der Waals surface area contributed by atoms with E-state index in [0.717, 1.165) is 65.9 Å². The first-order chi connectivity index (χ1) is 23.9. The van der Waals surface area contributed by atoms with Crippen LogP contribution in [0.25, 0.3) is 5.57 Å². The maximum Gasteiger partial charge on any atom is 0.255 e. The van der Waals surface area contributed by atoms with Gasteiger partial charge < -0.3 is 31.3 Å². The molecule has 50 heavy (non-hydrogen) atoms. The lowest BCUT2D eigenvalue weighted by Gasteiger charge is -2.22. The largest absolute Gasteiger partial charge is 0.395 e. The second-order valence-corrected chi connectivity index (χ2v) is 13.4. The second-order valence-electron chi connectivity index (χ2n) is 13.4. The number of benzene rings is 2. The van der Waals surface area contributed by atoms with Gasteiger partial charge in [0.1, 0.15) is 0 Å². The lowest BCUT2D eigenvalue weighted by atomic mass is 9.90. The zero-order valence-electron chi connectivity index (χ0n) is 31.2. The molecule has 1 atom stereocenters. The normalized spacial score (nSPS) is 12.2. The molecular formula is C40H57N7O3. The molecule has 270 valence electrons. The van der Waals surface area contributed by atoms with Gasteiger partial charge in [0.05, 0.1) is 29.2 Å². The van der Waals surface area contributed by atoms with E-state index in [9.17, 15) is 14.7 Å². The highest BCUT2D eigenvalue weighted by molar-refractivity contribution is 6.02. The minimum atomic E-state index is -0.367. The minimum absolute atomic E-state index is 0.111. The molecule has 5 N–H and O–H groups in total. The Labute approximate surface area is 298 Å². The molecule has 0 radical (unpaired) electrons. The summed E-state index contributed by atoms with van der Waals surface area (Å²) in [6, 6.07) is 10.3. The molecule has 3 rings (SSSR count). The number of amides is 2. The fourth-order valence-electron chi connectivity index (χ4n) is 5.77. The summed E-state index contributed by atoms with van der Waals surface area (Å²) in [7, 11) is 4.03. The molecule has 0 aliphatic heterocycles. The number of hydrogen-bond donors (Lipinski definition) is 5. The van der Waals surface area contributed by atoms with Crippen molar-refractivity contribution in [2.24, 2.45) is 5.92 Å². The zero-order valence-corrected chi connectivity index (χ0v) is 31.2. The number of carbonyl (C=O) groups is 2. The summed E-state index contributed by atoms with van der Waals surface area (Å²) in [6.45, 7) is 17.9. The highest BCUT2D eigenvalue weighted by atomic mass is 16.3. The molecule has 10 heteroatoms. The van der Waals surface area contributed by atoms with Crippen LogP contribution in [0, 0.1) is 12.8 Å². The Bertz CT molecular complexity index is 1650. The van der Waals surface area contributed by atoms with Crippen molar-refractivity contribution in [3.8, 4) is 0 Å². The minimum Gasteiger partial charge on any atom is -0.395 e. The number of hydrogen-bond acceptors (Lipinski definition) is 8. The number of allylic oxidation sites excluding steroid dienone is 1. The van der Waals surface area contributed by atoms with E-state index in [-0.39, 0.29) is 30.9 Å². The quantitative estimate of drug-likeness (QED) is 0.0833. The number of likely N-dealkylation sites (N-methyl/N-ethyl adjacent to an activating group) is 1. The number of anilines is 4. The van der Waals surface area contributed by atoms with E-state index in [4.69, 9.17) is 4.98 Å². The first kappa shape index (κ1) is 39.9. The average Bonchev–Trinajstić information content (AvgIpc) is 3.09. The summed E-state index contributed by atoms with van der Waals surface area (Å²) in [5, 5.41) is 22.0. The average molecular weight is 684 g/mol. The van der Waals surface area contributed by atoms with Crippen molar-refractivity contribution in [2.45, 2.75) is 73.1 Å². The molecule has 3 aromatic rings. The lowest BCUT2D eigenvalue weighted by Crippen LogP contribution is -2.28. The third-order valence-corrected chi connectivity index (χ3v) is 8.84. The number of aliphatic hydroxyl groups excluding tert-OH is 1. The molecule has 0 spiro atoms. The fraction of sp³-hybridized carbons (Fsp3) is 0.450. The van der Waals surface area contributed by atoms with Crippen LogP contribution >= 0.6 is 0 Å². The summed E-state index contributed by atoms with van der Waals surface area (Å²) in [4.78, 5) is 37.6. The van der Waals surface area contributed by atoms with Crippen LogP contribution in [0.15, 0.2) is 55.3 Å². The van der Waals surface area contributed by atoms with Gasteiger partial charge in [-0.15, -0.1) is 0 Å². The summed E-state index contributed by atoms with van der Waals surface area (Å²) in [6.07, 6.45) is 8.87. The Morgan fingerprint density at radius 2 is 1.82 bits per heavy atom. The molecule has 10 nitrogen and oxygen atoms in total. The zero-order chi connectivity index (χ0) is 36.8. The van der Waals surface area contributed by atoms with Crippen molar-refractivity contribution < 1.29 is 14.7 Å². The Kier molecular flexibility index (Phi) is 15.6. The molecule has 0 aliphatic rings. The molecule has 2 aromatic carbocycles. The molecular weight excluding hydrogens is 626 g/mol. The van der Waals surface area contributed by atoms with Gasteiger partial charge in [0.25, 0.3) is 5.91 Å². The number of rotatable bonds is 19. The van der Waals surface area contributed by atoms with Crippen molar-refractivity contribution >= 4 is 40.4 Å². The highest BCUT2D eigenvalue weighted by Gasteiger charge is 2.22. The van der Waals surface area contributed by atoms with Gasteiger partial charge in [-0.3, -0.25) is 9.59 Å². The third kappa shape index (κ3) is 11.0. The summed E-state index contributed by atoms with van der Waals surface area (Å²) < 4.78 is 0. The molecule has 1 unspecified atom stereocenters.